The topological polar surface area (TPSA) is 133 Å². The smallest absolute Gasteiger partial charge is 0.545 e. The van der Waals surface area contributed by atoms with E-state index in [0.717, 1.165) is 51.4 Å². The van der Waals surface area contributed by atoms with Crippen molar-refractivity contribution in [3.05, 3.63) is 94.1 Å². The fourth-order valence-electron chi connectivity index (χ4n) is 12.2. The van der Waals surface area contributed by atoms with Crippen molar-refractivity contribution in [1.82, 2.24) is 0 Å². The van der Waals surface area contributed by atoms with Gasteiger partial charge in [0.25, 0.3) is 0 Å². The van der Waals surface area contributed by atoms with Gasteiger partial charge in [-0.15, -0.1) is 0 Å². The van der Waals surface area contributed by atoms with Gasteiger partial charge < -0.3 is 29.3 Å². The van der Waals surface area contributed by atoms with E-state index in [0.29, 0.717) is 12.3 Å². The molecule has 2 aromatic rings. The Labute approximate surface area is 376 Å². The predicted octanol–water partition coefficient (Wildman–Crippen LogP) is 1.53. The third kappa shape index (κ3) is 7.14. The molecule has 0 aromatic heterocycles. The summed E-state index contributed by atoms with van der Waals surface area (Å²) in [6.45, 7) is 16.7. The van der Waals surface area contributed by atoms with Crippen LogP contribution in [0.1, 0.15) is 148 Å². The zero-order chi connectivity index (χ0) is 39.1. The van der Waals surface area contributed by atoms with Gasteiger partial charge in [0, 0.05) is 22.0 Å². The fraction of sp³-hybridized carbons (Fsp3) is 0.565. The monoisotopic (exact) mass is 780 g/mol. The van der Waals surface area contributed by atoms with E-state index in [-0.39, 0.29) is 132 Å². The molecule has 56 heavy (non-hydrogen) atoms. The zero-order valence-electron chi connectivity index (χ0n) is 34.8. The maximum atomic E-state index is 13.4. The number of ether oxygens (including phenoxy) is 2. The van der Waals surface area contributed by atoms with Crippen molar-refractivity contribution >= 4 is 23.9 Å². The molecule has 0 radical (unpaired) electrons. The normalized spacial score (nSPS) is 35.2. The summed E-state index contributed by atoms with van der Waals surface area (Å²) in [5, 5.41) is 23.4. The van der Waals surface area contributed by atoms with Crippen LogP contribution in [0.15, 0.2) is 71.8 Å². The van der Waals surface area contributed by atoms with Gasteiger partial charge in [-0.05, 0) is 103 Å². The quantitative estimate of drug-likeness (QED) is 0.306. The molecule has 4 saturated carbocycles. The summed E-state index contributed by atoms with van der Waals surface area (Å²) >= 11 is 0. The van der Waals surface area contributed by atoms with Crippen LogP contribution in [0, 0.1) is 44.3 Å². The van der Waals surface area contributed by atoms with Gasteiger partial charge in [0.2, 0.25) is 0 Å². The molecule has 2 unspecified atom stereocenters. The minimum absolute atomic E-state index is 0. The van der Waals surface area contributed by atoms with Crippen LogP contribution in [0.25, 0.3) is 0 Å². The van der Waals surface area contributed by atoms with Crippen LogP contribution in [0.5, 0.6) is 0 Å². The van der Waals surface area contributed by atoms with Gasteiger partial charge in [0.15, 0.2) is 0 Å². The molecule has 7 rings (SSSR count). The minimum Gasteiger partial charge on any atom is -0.545 e. The van der Waals surface area contributed by atoms with Gasteiger partial charge in [-0.1, -0.05) is 108 Å². The number of hydrogen-bond donors (Lipinski definition) is 0. The van der Waals surface area contributed by atoms with E-state index in [9.17, 15) is 29.4 Å². The number of benzene rings is 2. The first-order chi connectivity index (χ1) is 25.3. The molecule has 0 heterocycles. The van der Waals surface area contributed by atoms with Crippen LogP contribution >= 0.6 is 0 Å². The maximum Gasteiger partial charge on any atom is 1.00 e. The van der Waals surface area contributed by atoms with Gasteiger partial charge in [-0.25, -0.2) is 9.59 Å². The van der Waals surface area contributed by atoms with Crippen molar-refractivity contribution in [3.8, 4) is 0 Å². The number of carboxylic acids is 2. The van der Waals surface area contributed by atoms with Crippen LogP contribution < -0.4 is 69.3 Å². The van der Waals surface area contributed by atoms with E-state index >= 15 is 0 Å². The Morgan fingerprint density at radius 3 is 1.80 bits per heavy atom. The number of fused-ring (bicyclic) bond motifs is 7. The van der Waals surface area contributed by atoms with Gasteiger partial charge in [-0.3, -0.25) is 0 Å². The van der Waals surface area contributed by atoms with Gasteiger partial charge in [0.1, 0.15) is 6.10 Å². The van der Waals surface area contributed by atoms with Crippen molar-refractivity contribution < 1.29 is 98.0 Å². The Hall–Kier alpha value is -2.20. The Morgan fingerprint density at radius 2 is 1.21 bits per heavy atom. The number of hydrogen-bond acceptors (Lipinski definition) is 8. The first-order valence-electron chi connectivity index (χ1n) is 19.7. The van der Waals surface area contributed by atoms with Crippen molar-refractivity contribution in [1.29, 1.82) is 0 Å². The SMILES string of the molecule is CC1(C)C2CC[C@]3(C)C(=CC=C4C5C[C@@](C)(COC(=O)c6ccccc6C(=O)[O-])CC[C@]5(C)CC[C@]43C)[C@@]2(C)CC[C@@H]1OC(=O)c1ccccc1C(=O)[O-].[Na+].[Na+]. The van der Waals surface area contributed by atoms with Crippen molar-refractivity contribution in [2.45, 2.75) is 112 Å². The summed E-state index contributed by atoms with van der Waals surface area (Å²) in [5.41, 5.74) is 2.06. The van der Waals surface area contributed by atoms with E-state index in [1.807, 2.05) is 0 Å². The molecule has 5 aliphatic carbocycles. The third-order valence-corrected chi connectivity index (χ3v) is 15.8. The van der Waals surface area contributed by atoms with Crippen LogP contribution in [-0.4, -0.2) is 36.6 Å². The van der Waals surface area contributed by atoms with Gasteiger partial charge in [0.05, 0.1) is 29.7 Å². The Balaban J connectivity index is 0.00000300. The van der Waals surface area contributed by atoms with Crippen molar-refractivity contribution in [2.24, 2.45) is 44.3 Å². The molecule has 0 spiro atoms. The van der Waals surface area contributed by atoms with Crippen molar-refractivity contribution in [2.75, 3.05) is 6.61 Å². The second-order valence-electron chi connectivity index (χ2n) is 19.1. The second kappa shape index (κ2) is 15.8. The number of rotatable bonds is 7. The van der Waals surface area contributed by atoms with E-state index in [1.54, 1.807) is 24.3 Å². The number of aromatic carboxylic acids is 2. The Morgan fingerprint density at radius 1 is 0.661 bits per heavy atom. The summed E-state index contributed by atoms with van der Waals surface area (Å²) < 4.78 is 12.1. The van der Waals surface area contributed by atoms with E-state index in [1.165, 1.54) is 35.4 Å². The van der Waals surface area contributed by atoms with Crippen molar-refractivity contribution in [3.63, 3.8) is 0 Å². The molecule has 8 nitrogen and oxygen atoms in total. The number of carboxylic acid groups (broad SMARTS) is 2. The fourth-order valence-corrected chi connectivity index (χ4v) is 12.2. The number of carbonyl (C=O) groups is 4. The molecular weight excluding hydrogens is 726 g/mol. The molecule has 4 fully saturated rings. The van der Waals surface area contributed by atoms with Crippen LogP contribution in [0.2, 0.25) is 0 Å². The Bertz CT molecular complexity index is 1990. The minimum atomic E-state index is -1.39. The Kier molecular flexibility index (Phi) is 12.6. The average Bonchev–Trinajstić information content (AvgIpc) is 3.13. The van der Waals surface area contributed by atoms with Gasteiger partial charge >= 0.3 is 71.1 Å². The zero-order valence-corrected chi connectivity index (χ0v) is 38.8. The standard InChI is InChI=1S/C46H56O8.2Na/c1-41(2)34-18-21-46(7)35(44(34,5)20-19-36(41)54-40(52)31-15-11-9-13-29(31)38(49)50)17-16-32-33-26-42(3,22-23-43(33,4)24-25-45(32,46)6)27-53-39(51)30-14-10-8-12-28(30)37(47)48;;/h8-17,33-34,36H,18-27H2,1-7H3,(H,47,48)(H,49,50);;/q;2*+1/p-2/t33?,34?,36-,42-,43+,44-,45+,46+;;/m0../s1. The summed E-state index contributed by atoms with van der Waals surface area (Å²) in [4.78, 5) is 50.0. The number of esters is 2. The third-order valence-electron chi connectivity index (χ3n) is 15.8. The molecular formula is C46H54Na2O8. The number of carbonyl (C=O) groups excluding carboxylic acids is 4. The van der Waals surface area contributed by atoms with E-state index in [2.05, 4.69) is 60.6 Å². The maximum absolute atomic E-state index is 13.4. The molecule has 0 bridgehead atoms. The van der Waals surface area contributed by atoms with E-state index in [4.69, 9.17) is 9.47 Å². The van der Waals surface area contributed by atoms with E-state index < -0.39 is 23.9 Å². The van der Waals surface area contributed by atoms with Gasteiger partial charge in [-0.2, -0.15) is 0 Å². The number of allylic oxidation sites excluding steroid dienone is 4. The largest absolute Gasteiger partial charge is 1.00 e. The average molecular weight is 781 g/mol. The molecule has 8 atom stereocenters. The van der Waals surface area contributed by atoms with Crippen LogP contribution in [0.3, 0.4) is 0 Å². The molecule has 0 saturated heterocycles. The first kappa shape index (κ1) is 44.9. The molecule has 0 amide bonds. The molecule has 5 aliphatic rings. The second-order valence-corrected chi connectivity index (χ2v) is 19.1. The summed E-state index contributed by atoms with van der Waals surface area (Å²) in [6, 6.07) is 12.2. The first-order valence-corrected chi connectivity index (χ1v) is 19.7. The molecule has 2 aromatic carbocycles. The predicted molar refractivity (Wildman–Crippen MR) is 200 cm³/mol. The molecule has 288 valence electrons. The summed E-state index contributed by atoms with van der Waals surface area (Å²) in [7, 11) is 0. The molecule has 0 N–H and O–H groups in total. The molecule has 10 heteroatoms. The summed E-state index contributed by atoms with van der Waals surface area (Å²) in [6.07, 6.45) is 13.2. The molecule has 0 aliphatic heterocycles. The van der Waals surface area contributed by atoms with Crippen LogP contribution in [0.4, 0.5) is 0 Å². The summed E-state index contributed by atoms with van der Waals surface area (Å²) in [5.74, 6) is -3.45. The van der Waals surface area contributed by atoms with Crippen LogP contribution in [-0.2, 0) is 9.47 Å².